The van der Waals surface area contributed by atoms with Crippen molar-refractivity contribution in [2.24, 2.45) is 11.3 Å². The van der Waals surface area contributed by atoms with Gasteiger partial charge in [-0.3, -0.25) is 9.59 Å². The molecule has 1 saturated carbocycles. The van der Waals surface area contributed by atoms with Crippen LogP contribution in [0.1, 0.15) is 64.7 Å². The van der Waals surface area contributed by atoms with E-state index in [0.29, 0.717) is 12.5 Å². The van der Waals surface area contributed by atoms with Crippen LogP contribution in [-0.2, 0) is 19.1 Å². The lowest BCUT2D eigenvalue weighted by Crippen LogP contribution is -2.41. The number of hydrogen-bond acceptors (Lipinski definition) is 7. The van der Waals surface area contributed by atoms with Crippen LogP contribution in [-0.4, -0.2) is 60.7 Å². The topological polar surface area (TPSA) is 105 Å². The molecule has 1 atom stereocenters. The third kappa shape index (κ3) is 6.73. The van der Waals surface area contributed by atoms with Crippen molar-refractivity contribution in [1.82, 2.24) is 5.32 Å². The van der Waals surface area contributed by atoms with Gasteiger partial charge in [-0.1, -0.05) is 6.42 Å². The monoisotopic (exact) mass is 385 g/mol. The number of carbonyl (C=O) groups excluding carboxylic acids is 2. The summed E-state index contributed by atoms with van der Waals surface area (Å²) in [4.78, 5) is 24.0. The second kappa shape index (κ2) is 11.0. The lowest BCUT2D eigenvalue weighted by Gasteiger charge is -2.31. The number of aliphatic hydroxyl groups is 2. The van der Waals surface area contributed by atoms with Gasteiger partial charge >= 0.3 is 11.9 Å². The van der Waals surface area contributed by atoms with Crippen molar-refractivity contribution >= 4 is 11.9 Å². The third-order valence-corrected chi connectivity index (χ3v) is 5.85. The van der Waals surface area contributed by atoms with Crippen molar-refractivity contribution in [3.63, 3.8) is 0 Å². The summed E-state index contributed by atoms with van der Waals surface area (Å²) < 4.78 is 10.9. The predicted molar refractivity (Wildman–Crippen MR) is 100.0 cm³/mol. The van der Waals surface area contributed by atoms with Gasteiger partial charge in [-0.25, -0.2) is 0 Å². The second-order valence-electron chi connectivity index (χ2n) is 8.24. The first-order valence-electron chi connectivity index (χ1n) is 10.3. The Hall–Kier alpha value is -1.18. The predicted octanol–water partition coefficient (Wildman–Crippen LogP) is 1.54. The summed E-state index contributed by atoms with van der Waals surface area (Å²) in [6, 6.07) is -0.132. The van der Waals surface area contributed by atoms with Crippen LogP contribution in [0.3, 0.4) is 0 Å². The molecule has 1 heterocycles. The minimum Gasteiger partial charge on any atom is -0.465 e. The highest BCUT2D eigenvalue weighted by atomic mass is 16.5. The Labute approximate surface area is 161 Å². The summed E-state index contributed by atoms with van der Waals surface area (Å²) in [6.07, 6.45) is 8.36. The van der Waals surface area contributed by atoms with Crippen LogP contribution in [0.5, 0.6) is 0 Å². The maximum absolute atomic E-state index is 12.1. The van der Waals surface area contributed by atoms with Crippen molar-refractivity contribution in [1.29, 1.82) is 0 Å². The molecule has 0 unspecified atom stereocenters. The van der Waals surface area contributed by atoms with Crippen LogP contribution in [0.2, 0.25) is 0 Å². The number of nitrogens with one attached hydrogen (secondary N) is 1. The summed E-state index contributed by atoms with van der Waals surface area (Å²) in [5, 5.41) is 21.7. The fourth-order valence-corrected chi connectivity index (χ4v) is 3.71. The van der Waals surface area contributed by atoms with E-state index in [4.69, 9.17) is 9.47 Å². The molecule has 0 spiro atoms. The molecule has 1 aliphatic heterocycles. The summed E-state index contributed by atoms with van der Waals surface area (Å²) in [6.45, 7) is 2.02. The maximum Gasteiger partial charge on any atom is 0.323 e. The van der Waals surface area contributed by atoms with Crippen LogP contribution in [0, 0.1) is 11.3 Å². The summed E-state index contributed by atoms with van der Waals surface area (Å²) >= 11 is 0. The molecular formula is C20H35NO6. The maximum atomic E-state index is 12.1. The van der Waals surface area contributed by atoms with E-state index in [1.165, 1.54) is 6.92 Å². The van der Waals surface area contributed by atoms with Crippen molar-refractivity contribution < 1.29 is 29.3 Å². The molecule has 2 rings (SSSR count). The standard InChI is InChI=1S/C20H35NO6/c1-20(13-22,14-23)19(25)27-16-9-7-15(8-10-16)5-4-12-26-18(24)17-6-2-3-11-21-17/h15-17,21-23H,2-14H2,1H3/t15-,16-,17-/m0/s1. The first kappa shape index (κ1) is 22.1. The Morgan fingerprint density at radius 3 is 2.37 bits per heavy atom. The number of piperidine rings is 1. The Morgan fingerprint density at radius 2 is 1.78 bits per heavy atom. The molecule has 0 amide bonds. The zero-order valence-corrected chi connectivity index (χ0v) is 16.5. The van der Waals surface area contributed by atoms with Crippen LogP contribution >= 0.6 is 0 Å². The van der Waals surface area contributed by atoms with E-state index in [-0.39, 0.29) is 18.1 Å². The number of esters is 2. The summed E-state index contributed by atoms with van der Waals surface area (Å²) in [5.41, 5.74) is -1.23. The van der Waals surface area contributed by atoms with E-state index >= 15 is 0 Å². The van der Waals surface area contributed by atoms with Gasteiger partial charge in [-0.15, -0.1) is 0 Å². The van der Waals surface area contributed by atoms with Gasteiger partial charge in [-0.05, 0) is 70.8 Å². The highest BCUT2D eigenvalue weighted by Gasteiger charge is 2.36. The normalized spacial score (nSPS) is 26.4. The molecule has 7 heteroatoms. The quantitative estimate of drug-likeness (QED) is 0.408. The van der Waals surface area contributed by atoms with Crippen LogP contribution in [0.4, 0.5) is 0 Å². The number of hydrogen-bond donors (Lipinski definition) is 3. The van der Waals surface area contributed by atoms with E-state index in [1.807, 2.05) is 0 Å². The highest BCUT2D eigenvalue weighted by molar-refractivity contribution is 5.77. The largest absolute Gasteiger partial charge is 0.465 e. The molecule has 0 aromatic carbocycles. The SMILES string of the molecule is CC(CO)(CO)C(=O)O[C@H]1CC[C@H](CCCOC(=O)[C@@H]2CCCCN2)CC1. The second-order valence-corrected chi connectivity index (χ2v) is 8.24. The Bertz CT molecular complexity index is 465. The van der Waals surface area contributed by atoms with Gasteiger partial charge in [0.05, 0.1) is 19.8 Å². The molecule has 1 aliphatic carbocycles. The first-order chi connectivity index (χ1) is 13.0. The lowest BCUT2D eigenvalue weighted by atomic mass is 9.84. The number of carbonyl (C=O) groups is 2. The van der Waals surface area contributed by atoms with Crippen molar-refractivity contribution in [3.05, 3.63) is 0 Å². The fourth-order valence-electron chi connectivity index (χ4n) is 3.71. The average Bonchev–Trinajstić information content (AvgIpc) is 2.72. The lowest BCUT2D eigenvalue weighted by molar-refractivity contribution is -0.167. The highest BCUT2D eigenvalue weighted by Crippen LogP contribution is 2.31. The minimum absolute atomic E-state index is 0.124. The van der Waals surface area contributed by atoms with E-state index < -0.39 is 24.6 Å². The molecule has 2 aliphatic rings. The van der Waals surface area contributed by atoms with Crippen LogP contribution in [0.25, 0.3) is 0 Å². The molecule has 2 fully saturated rings. The van der Waals surface area contributed by atoms with E-state index in [1.54, 1.807) is 0 Å². The van der Waals surface area contributed by atoms with Gasteiger partial charge < -0.3 is 25.0 Å². The summed E-state index contributed by atoms with van der Waals surface area (Å²) in [5.74, 6) is -0.0890. The van der Waals surface area contributed by atoms with E-state index in [9.17, 15) is 19.8 Å². The van der Waals surface area contributed by atoms with Crippen LogP contribution in [0.15, 0.2) is 0 Å². The van der Waals surface area contributed by atoms with Crippen molar-refractivity contribution in [3.8, 4) is 0 Å². The van der Waals surface area contributed by atoms with Crippen molar-refractivity contribution in [2.45, 2.75) is 76.9 Å². The van der Waals surface area contributed by atoms with E-state index in [0.717, 1.165) is 64.3 Å². The molecule has 3 N–H and O–H groups in total. The molecule has 156 valence electrons. The van der Waals surface area contributed by atoms with Gasteiger partial charge in [-0.2, -0.15) is 0 Å². The number of aliphatic hydroxyl groups excluding tert-OH is 2. The minimum atomic E-state index is -1.23. The zero-order valence-electron chi connectivity index (χ0n) is 16.5. The third-order valence-electron chi connectivity index (χ3n) is 5.85. The molecule has 7 nitrogen and oxygen atoms in total. The Morgan fingerprint density at radius 1 is 1.07 bits per heavy atom. The number of rotatable bonds is 9. The first-order valence-corrected chi connectivity index (χ1v) is 10.3. The fraction of sp³-hybridized carbons (Fsp3) is 0.900. The summed E-state index contributed by atoms with van der Waals surface area (Å²) in [7, 11) is 0. The molecular weight excluding hydrogens is 350 g/mol. The van der Waals surface area contributed by atoms with Gasteiger partial charge in [0, 0.05) is 0 Å². The van der Waals surface area contributed by atoms with Crippen molar-refractivity contribution in [2.75, 3.05) is 26.4 Å². The molecule has 0 aromatic rings. The average molecular weight is 386 g/mol. The Kier molecular flexibility index (Phi) is 8.99. The van der Waals surface area contributed by atoms with E-state index in [2.05, 4.69) is 5.32 Å². The van der Waals surface area contributed by atoms with Gasteiger partial charge in [0.2, 0.25) is 0 Å². The number of ether oxygens (including phenoxy) is 2. The van der Waals surface area contributed by atoms with Crippen LogP contribution < -0.4 is 5.32 Å². The van der Waals surface area contributed by atoms with Gasteiger partial charge in [0.25, 0.3) is 0 Å². The van der Waals surface area contributed by atoms with Gasteiger partial charge in [0.1, 0.15) is 17.6 Å². The zero-order chi connectivity index (χ0) is 19.7. The molecule has 0 radical (unpaired) electrons. The molecule has 1 saturated heterocycles. The smallest absolute Gasteiger partial charge is 0.323 e. The molecule has 27 heavy (non-hydrogen) atoms. The molecule has 0 bridgehead atoms. The molecule has 0 aromatic heterocycles. The van der Waals surface area contributed by atoms with Gasteiger partial charge in [0.15, 0.2) is 0 Å². The Balaban J connectivity index is 1.58.